The van der Waals surface area contributed by atoms with Gasteiger partial charge in [0.05, 0.1) is 12.2 Å². The molecule has 0 aromatic carbocycles. The van der Waals surface area contributed by atoms with Crippen molar-refractivity contribution >= 4 is 5.91 Å². The van der Waals surface area contributed by atoms with Gasteiger partial charge >= 0.3 is 0 Å². The first-order valence-electron chi connectivity index (χ1n) is 8.15. The molecule has 1 aliphatic carbocycles. The number of carbonyl (C=O) groups excluding carboxylic acids is 1. The number of rotatable bonds is 2. The maximum absolute atomic E-state index is 13.1. The van der Waals surface area contributed by atoms with Crippen molar-refractivity contribution in [3.63, 3.8) is 0 Å². The van der Waals surface area contributed by atoms with Crippen LogP contribution in [0.1, 0.15) is 39.5 Å². The van der Waals surface area contributed by atoms with Gasteiger partial charge in [-0.05, 0) is 25.7 Å². The first-order chi connectivity index (χ1) is 9.92. The van der Waals surface area contributed by atoms with Crippen LogP contribution in [0, 0.1) is 11.3 Å². The standard InChI is InChI=1S/C16H28N2O3/c1-15(2)13-12(7-5-9-21-13)16(15,17)14(19)18-8-4-6-11(10-18)20-3/h11-13H,4-10,17H2,1-3H3. The molecule has 4 unspecified atom stereocenters. The molecule has 3 fully saturated rings. The average Bonchev–Trinajstić information content (AvgIpc) is 2.53. The molecule has 0 aromatic rings. The second kappa shape index (κ2) is 5.21. The first-order valence-corrected chi connectivity index (χ1v) is 8.15. The maximum atomic E-state index is 13.1. The number of amides is 1. The number of nitrogens with two attached hydrogens (primary N) is 1. The van der Waals surface area contributed by atoms with Crippen molar-refractivity contribution in [3.8, 4) is 0 Å². The fraction of sp³-hybridized carbons (Fsp3) is 0.938. The van der Waals surface area contributed by atoms with Gasteiger partial charge in [-0.2, -0.15) is 0 Å². The molecule has 5 heteroatoms. The zero-order valence-corrected chi connectivity index (χ0v) is 13.4. The van der Waals surface area contributed by atoms with Crippen LogP contribution in [0.5, 0.6) is 0 Å². The van der Waals surface area contributed by atoms with Crippen molar-refractivity contribution in [2.75, 3.05) is 26.8 Å². The van der Waals surface area contributed by atoms with Crippen LogP contribution >= 0.6 is 0 Å². The van der Waals surface area contributed by atoms with E-state index < -0.39 is 5.54 Å². The monoisotopic (exact) mass is 296 g/mol. The number of methoxy groups -OCH3 is 1. The number of fused-ring (bicyclic) bond motifs is 1. The molecule has 3 rings (SSSR count). The number of hydrogen-bond donors (Lipinski definition) is 1. The van der Waals surface area contributed by atoms with Crippen molar-refractivity contribution in [1.29, 1.82) is 0 Å². The topological polar surface area (TPSA) is 64.8 Å². The summed E-state index contributed by atoms with van der Waals surface area (Å²) in [5, 5.41) is 0. The molecule has 2 heterocycles. The zero-order chi connectivity index (χ0) is 15.3. The van der Waals surface area contributed by atoms with Crippen LogP contribution in [0.25, 0.3) is 0 Å². The summed E-state index contributed by atoms with van der Waals surface area (Å²) in [5.74, 6) is 0.262. The van der Waals surface area contributed by atoms with Crippen LogP contribution in [0.4, 0.5) is 0 Å². The van der Waals surface area contributed by atoms with Crippen LogP contribution in [0.2, 0.25) is 0 Å². The minimum atomic E-state index is -0.784. The lowest BCUT2D eigenvalue weighted by molar-refractivity contribution is -0.231. The van der Waals surface area contributed by atoms with Crippen molar-refractivity contribution in [2.24, 2.45) is 17.1 Å². The highest BCUT2D eigenvalue weighted by Gasteiger charge is 2.70. The van der Waals surface area contributed by atoms with E-state index in [0.29, 0.717) is 6.54 Å². The molecule has 120 valence electrons. The number of nitrogens with zero attached hydrogens (tertiary/aromatic N) is 1. The highest BCUT2D eigenvalue weighted by atomic mass is 16.5. The molecule has 2 N–H and O–H groups in total. The van der Waals surface area contributed by atoms with Crippen LogP contribution in [0.15, 0.2) is 0 Å². The lowest BCUT2D eigenvalue weighted by Crippen LogP contribution is -2.82. The van der Waals surface area contributed by atoms with Crippen LogP contribution < -0.4 is 5.73 Å². The van der Waals surface area contributed by atoms with E-state index >= 15 is 0 Å². The number of ether oxygens (including phenoxy) is 2. The van der Waals surface area contributed by atoms with Gasteiger partial charge in [0, 0.05) is 38.1 Å². The number of likely N-dealkylation sites (tertiary alicyclic amines) is 1. The quantitative estimate of drug-likeness (QED) is 0.830. The molecule has 3 aliphatic rings. The molecule has 0 radical (unpaired) electrons. The Morgan fingerprint density at radius 2 is 2.10 bits per heavy atom. The van der Waals surface area contributed by atoms with E-state index in [2.05, 4.69) is 13.8 Å². The van der Waals surface area contributed by atoms with E-state index in [1.54, 1.807) is 7.11 Å². The number of piperidine rings is 1. The molecule has 0 bridgehead atoms. The fourth-order valence-electron chi connectivity index (χ4n) is 4.59. The molecule has 1 saturated carbocycles. The molecule has 2 saturated heterocycles. The highest BCUT2D eigenvalue weighted by molar-refractivity contribution is 5.89. The minimum absolute atomic E-state index is 0.0981. The first kappa shape index (κ1) is 15.3. The van der Waals surface area contributed by atoms with Crippen LogP contribution in [0.3, 0.4) is 0 Å². The fourth-order valence-corrected chi connectivity index (χ4v) is 4.59. The van der Waals surface area contributed by atoms with E-state index in [-0.39, 0.29) is 29.4 Å². The second-order valence-corrected chi connectivity index (χ2v) is 7.38. The van der Waals surface area contributed by atoms with Gasteiger partial charge in [-0.25, -0.2) is 0 Å². The number of carbonyl (C=O) groups is 1. The Hall–Kier alpha value is -0.650. The Kier molecular flexibility index (Phi) is 3.79. The molecule has 21 heavy (non-hydrogen) atoms. The summed E-state index contributed by atoms with van der Waals surface area (Å²) in [7, 11) is 1.72. The van der Waals surface area contributed by atoms with E-state index in [1.807, 2.05) is 4.90 Å². The Morgan fingerprint density at radius 1 is 1.33 bits per heavy atom. The van der Waals surface area contributed by atoms with Gasteiger partial charge in [-0.1, -0.05) is 13.8 Å². The van der Waals surface area contributed by atoms with Gasteiger partial charge in [0.1, 0.15) is 5.54 Å². The molecule has 1 amide bonds. The summed E-state index contributed by atoms with van der Waals surface area (Å²) in [6.07, 6.45) is 4.29. The van der Waals surface area contributed by atoms with Crippen molar-refractivity contribution in [1.82, 2.24) is 4.90 Å². The molecule has 4 atom stereocenters. The summed E-state index contributed by atoms with van der Waals surface area (Å²) in [5.41, 5.74) is 5.60. The van der Waals surface area contributed by atoms with Gasteiger partial charge in [0.2, 0.25) is 5.91 Å². The lowest BCUT2D eigenvalue weighted by atomic mass is 9.46. The summed E-state index contributed by atoms with van der Waals surface area (Å²) in [4.78, 5) is 15.0. The highest BCUT2D eigenvalue weighted by Crippen LogP contribution is 2.58. The number of hydrogen-bond acceptors (Lipinski definition) is 4. The van der Waals surface area contributed by atoms with Crippen LogP contribution in [-0.4, -0.2) is 55.4 Å². The van der Waals surface area contributed by atoms with Gasteiger partial charge < -0.3 is 20.1 Å². The Labute approximate surface area is 127 Å². The van der Waals surface area contributed by atoms with Crippen molar-refractivity contribution in [3.05, 3.63) is 0 Å². The van der Waals surface area contributed by atoms with Crippen molar-refractivity contribution in [2.45, 2.75) is 57.3 Å². The largest absolute Gasteiger partial charge is 0.380 e. The average molecular weight is 296 g/mol. The molecular formula is C16H28N2O3. The smallest absolute Gasteiger partial charge is 0.243 e. The van der Waals surface area contributed by atoms with Gasteiger partial charge in [-0.3, -0.25) is 4.79 Å². The Balaban J connectivity index is 1.79. The second-order valence-electron chi connectivity index (χ2n) is 7.38. The van der Waals surface area contributed by atoms with E-state index in [9.17, 15) is 4.79 Å². The third-order valence-corrected chi connectivity index (χ3v) is 6.04. The zero-order valence-electron chi connectivity index (χ0n) is 13.4. The van der Waals surface area contributed by atoms with Gasteiger partial charge in [-0.15, -0.1) is 0 Å². The summed E-state index contributed by atoms with van der Waals surface area (Å²) < 4.78 is 11.3. The summed E-state index contributed by atoms with van der Waals surface area (Å²) in [6.45, 7) is 6.42. The van der Waals surface area contributed by atoms with Gasteiger partial charge in [0.25, 0.3) is 0 Å². The Bertz CT molecular complexity index is 426. The minimum Gasteiger partial charge on any atom is -0.380 e. The predicted octanol–water partition coefficient (Wildman–Crippen LogP) is 1.16. The summed E-state index contributed by atoms with van der Waals surface area (Å²) >= 11 is 0. The summed E-state index contributed by atoms with van der Waals surface area (Å²) in [6, 6.07) is 0. The van der Waals surface area contributed by atoms with E-state index in [4.69, 9.17) is 15.2 Å². The molecule has 2 aliphatic heterocycles. The molecule has 5 nitrogen and oxygen atoms in total. The third-order valence-electron chi connectivity index (χ3n) is 6.04. The van der Waals surface area contributed by atoms with Crippen LogP contribution in [-0.2, 0) is 14.3 Å². The van der Waals surface area contributed by atoms with E-state index in [0.717, 1.165) is 38.8 Å². The van der Waals surface area contributed by atoms with Gasteiger partial charge in [0.15, 0.2) is 0 Å². The molecular weight excluding hydrogens is 268 g/mol. The Morgan fingerprint density at radius 3 is 2.81 bits per heavy atom. The SMILES string of the molecule is COC1CCCN(C(=O)C2(N)C3CCCOC3C2(C)C)C1. The van der Waals surface area contributed by atoms with E-state index in [1.165, 1.54) is 0 Å². The third kappa shape index (κ3) is 2.05. The molecule has 0 spiro atoms. The normalized spacial score (nSPS) is 42.1. The predicted molar refractivity (Wildman–Crippen MR) is 79.8 cm³/mol. The maximum Gasteiger partial charge on any atom is 0.243 e. The van der Waals surface area contributed by atoms with Crippen molar-refractivity contribution < 1.29 is 14.3 Å². The molecule has 0 aromatic heterocycles. The lowest BCUT2D eigenvalue weighted by Gasteiger charge is -2.66.